The molecular weight excluding hydrogens is 427 g/mol. The molecular formula is C21H18Cl2N4O3. The topological polar surface area (TPSA) is 88.3 Å². The molecule has 0 saturated carbocycles. The van der Waals surface area contributed by atoms with E-state index in [0.717, 1.165) is 12.0 Å². The van der Waals surface area contributed by atoms with E-state index in [1.54, 1.807) is 23.1 Å². The maximum absolute atomic E-state index is 12.9. The molecule has 2 heterocycles. The molecule has 0 radical (unpaired) electrons. The summed E-state index contributed by atoms with van der Waals surface area (Å²) in [4.78, 5) is 31.5. The number of carbonyl (C=O) groups is 2. The number of hydrogen-bond acceptors (Lipinski definition) is 5. The van der Waals surface area contributed by atoms with Crippen molar-refractivity contribution < 1.29 is 14.1 Å². The van der Waals surface area contributed by atoms with Gasteiger partial charge < -0.3 is 14.7 Å². The summed E-state index contributed by atoms with van der Waals surface area (Å²) in [6.07, 6.45) is 1.31. The van der Waals surface area contributed by atoms with Gasteiger partial charge in [-0.2, -0.15) is 4.98 Å². The normalized spacial score (nSPS) is 15.9. The highest BCUT2D eigenvalue weighted by molar-refractivity contribution is 6.35. The molecule has 154 valence electrons. The SMILES string of the molecule is O=C(NCc1noc(-c2ccccc2)n1)[C@@H]1CCCN1C(=O)c1cc(Cl)cc(Cl)c1. The second-order valence-corrected chi connectivity index (χ2v) is 7.79. The van der Waals surface area contributed by atoms with Crippen molar-refractivity contribution in [2.75, 3.05) is 6.54 Å². The van der Waals surface area contributed by atoms with Crippen molar-refractivity contribution in [1.29, 1.82) is 0 Å². The molecule has 1 fully saturated rings. The van der Waals surface area contributed by atoms with Crippen molar-refractivity contribution in [3.63, 3.8) is 0 Å². The molecule has 1 aromatic heterocycles. The first-order valence-corrected chi connectivity index (χ1v) is 10.2. The molecule has 1 aliphatic rings. The third-order valence-corrected chi connectivity index (χ3v) is 5.27. The van der Waals surface area contributed by atoms with Crippen LogP contribution in [0, 0.1) is 0 Å². The fourth-order valence-corrected chi connectivity index (χ4v) is 3.96. The fourth-order valence-electron chi connectivity index (χ4n) is 3.43. The van der Waals surface area contributed by atoms with Gasteiger partial charge >= 0.3 is 0 Å². The van der Waals surface area contributed by atoms with Crippen LogP contribution < -0.4 is 5.32 Å². The van der Waals surface area contributed by atoms with Crippen LogP contribution in [0.1, 0.15) is 29.0 Å². The highest BCUT2D eigenvalue weighted by atomic mass is 35.5. The molecule has 2 aromatic carbocycles. The molecule has 1 atom stereocenters. The van der Waals surface area contributed by atoms with Gasteiger partial charge in [-0.1, -0.05) is 46.6 Å². The Balaban J connectivity index is 1.40. The standard InChI is InChI=1S/C21H18Cl2N4O3/c22-15-9-14(10-16(23)11-15)21(29)27-8-4-7-17(27)19(28)24-12-18-25-20(30-26-18)13-5-2-1-3-6-13/h1-3,5-6,9-11,17H,4,7-8,12H2,(H,24,28)/t17-/m0/s1. The minimum Gasteiger partial charge on any atom is -0.347 e. The number of halogens is 2. The zero-order valence-corrected chi connectivity index (χ0v) is 17.4. The van der Waals surface area contributed by atoms with Gasteiger partial charge in [0.1, 0.15) is 6.04 Å². The molecule has 9 heteroatoms. The van der Waals surface area contributed by atoms with Gasteiger partial charge in [-0.25, -0.2) is 0 Å². The van der Waals surface area contributed by atoms with Crippen LogP contribution in [0.4, 0.5) is 0 Å². The average Bonchev–Trinajstić information content (AvgIpc) is 3.41. The lowest BCUT2D eigenvalue weighted by molar-refractivity contribution is -0.125. The molecule has 30 heavy (non-hydrogen) atoms. The van der Waals surface area contributed by atoms with E-state index in [0.29, 0.717) is 40.3 Å². The van der Waals surface area contributed by atoms with Crippen LogP contribution in [0.2, 0.25) is 10.0 Å². The van der Waals surface area contributed by atoms with Crippen molar-refractivity contribution in [1.82, 2.24) is 20.4 Å². The van der Waals surface area contributed by atoms with Gasteiger partial charge in [0.25, 0.3) is 11.8 Å². The first-order chi connectivity index (χ1) is 14.5. The van der Waals surface area contributed by atoms with Gasteiger partial charge in [0, 0.05) is 27.7 Å². The van der Waals surface area contributed by atoms with E-state index in [2.05, 4.69) is 15.5 Å². The van der Waals surface area contributed by atoms with Crippen LogP contribution in [-0.4, -0.2) is 39.4 Å². The molecule has 7 nitrogen and oxygen atoms in total. The van der Waals surface area contributed by atoms with Crippen LogP contribution >= 0.6 is 23.2 Å². The quantitative estimate of drug-likeness (QED) is 0.642. The van der Waals surface area contributed by atoms with Crippen LogP contribution in [0.15, 0.2) is 53.1 Å². The minimum absolute atomic E-state index is 0.108. The Morgan fingerprint density at radius 2 is 1.87 bits per heavy atom. The second-order valence-electron chi connectivity index (χ2n) is 6.91. The smallest absolute Gasteiger partial charge is 0.257 e. The predicted molar refractivity (Wildman–Crippen MR) is 112 cm³/mol. The maximum atomic E-state index is 12.9. The summed E-state index contributed by atoms with van der Waals surface area (Å²) in [5, 5.41) is 7.44. The predicted octanol–water partition coefficient (Wildman–Crippen LogP) is 3.96. The molecule has 0 bridgehead atoms. The average molecular weight is 445 g/mol. The molecule has 0 unspecified atom stereocenters. The monoisotopic (exact) mass is 444 g/mol. The van der Waals surface area contributed by atoms with E-state index in [9.17, 15) is 9.59 Å². The Morgan fingerprint density at radius 1 is 1.13 bits per heavy atom. The van der Waals surface area contributed by atoms with Crippen LogP contribution in [0.3, 0.4) is 0 Å². The number of amides is 2. The lowest BCUT2D eigenvalue weighted by Gasteiger charge is -2.24. The number of nitrogens with zero attached hydrogens (tertiary/aromatic N) is 3. The molecule has 0 spiro atoms. The lowest BCUT2D eigenvalue weighted by Crippen LogP contribution is -2.45. The summed E-state index contributed by atoms with van der Waals surface area (Å²) >= 11 is 12.0. The van der Waals surface area contributed by atoms with Gasteiger partial charge in [-0.15, -0.1) is 0 Å². The van der Waals surface area contributed by atoms with E-state index >= 15 is 0 Å². The first kappa shape index (κ1) is 20.4. The van der Waals surface area contributed by atoms with E-state index in [1.807, 2.05) is 30.3 Å². The number of aromatic nitrogens is 2. The van der Waals surface area contributed by atoms with Gasteiger partial charge in [-0.05, 0) is 43.2 Å². The highest BCUT2D eigenvalue weighted by Crippen LogP contribution is 2.24. The number of nitrogens with one attached hydrogen (secondary N) is 1. The van der Waals surface area contributed by atoms with Gasteiger partial charge in [-0.3, -0.25) is 9.59 Å². The van der Waals surface area contributed by atoms with Crippen molar-refractivity contribution in [3.05, 3.63) is 70.0 Å². The largest absolute Gasteiger partial charge is 0.347 e. The summed E-state index contributed by atoms with van der Waals surface area (Å²) in [7, 11) is 0. The van der Waals surface area contributed by atoms with E-state index in [1.165, 1.54) is 0 Å². The van der Waals surface area contributed by atoms with Gasteiger partial charge in [0.2, 0.25) is 5.91 Å². The summed E-state index contributed by atoms with van der Waals surface area (Å²) in [6.45, 7) is 0.595. The molecule has 1 saturated heterocycles. The Bertz CT molecular complexity index is 1050. The molecule has 1 aliphatic heterocycles. The fraction of sp³-hybridized carbons (Fsp3) is 0.238. The Labute approximate surface area is 183 Å². The molecule has 1 N–H and O–H groups in total. The molecule has 0 aliphatic carbocycles. The number of rotatable bonds is 5. The van der Waals surface area contributed by atoms with Crippen molar-refractivity contribution in [3.8, 4) is 11.5 Å². The molecule has 3 aromatic rings. The van der Waals surface area contributed by atoms with Crippen LogP contribution in [0.25, 0.3) is 11.5 Å². The first-order valence-electron chi connectivity index (χ1n) is 9.44. The zero-order chi connectivity index (χ0) is 21.1. The van der Waals surface area contributed by atoms with E-state index in [-0.39, 0.29) is 18.4 Å². The molecule has 2 amide bonds. The highest BCUT2D eigenvalue weighted by Gasteiger charge is 2.34. The number of carbonyl (C=O) groups excluding carboxylic acids is 2. The summed E-state index contributed by atoms with van der Waals surface area (Å²) in [6, 6.07) is 13.5. The van der Waals surface area contributed by atoms with E-state index in [4.69, 9.17) is 27.7 Å². The number of hydrogen-bond donors (Lipinski definition) is 1. The van der Waals surface area contributed by atoms with Crippen molar-refractivity contribution in [2.45, 2.75) is 25.4 Å². The van der Waals surface area contributed by atoms with Crippen molar-refractivity contribution in [2.24, 2.45) is 0 Å². The Kier molecular flexibility index (Phi) is 6.01. The van der Waals surface area contributed by atoms with Gasteiger partial charge in [0.15, 0.2) is 5.82 Å². The van der Waals surface area contributed by atoms with Crippen LogP contribution in [0.5, 0.6) is 0 Å². The Morgan fingerprint density at radius 3 is 2.60 bits per heavy atom. The van der Waals surface area contributed by atoms with Crippen LogP contribution in [-0.2, 0) is 11.3 Å². The Hall–Kier alpha value is -2.90. The van der Waals surface area contributed by atoms with E-state index < -0.39 is 6.04 Å². The number of benzene rings is 2. The summed E-state index contributed by atoms with van der Waals surface area (Å²) in [5.74, 6) is 0.207. The minimum atomic E-state index is -0.573. The second kappa shape index (κ2) is 8.85. The molecule has 4 rings (SSSR count). The van der Waals surface area contributed by atoms with Crippen molar-refractivity contribution >= 4 is 35.0 Å². The lowest BCUT2D eigenvalue weighted by atomic mass is 10.1. The van der Waals surface area contributed by atoms with Gasteiger partial charge in [0.05, 0.1) is 6.54 Å². The third kappa shape index (κ3) is 4.47. The summed E-state index contributed by atoms with van der Waals surface area (Å²) in [5.41, 5.74) is 1.16. The summed E-state index contributed by atoms with van der Waals surface area (Å²) < 4.78 is 5.25. The zero-order valence-electron chi connectivity index (χ0n) is 15.8. The maximum Gasteiger partial charge on any atom is 0.257 e. The number of likely N-dealkylation sites (tertiary alicyclic amines) is 1. The third-order valence-electron chi connectivity index (χ3n) is 4.84.